The lowest BCUT2D eigenvalue weighted by Crippen LogP contribution is -2.39. The van der Waals surface area contributed by atoms with Gasteiger partial charge in [0.15, 0.2) is 0 Å². The van der Waals surface area contributed by atoms with Crippen LogP contribution in [0.15, 0.2) is 24.4 Å². The SMILES string of the molecule is Cc1nc(NC[C@H]2CCCCN2)ncc1-c1ccc(C(F)(F)F)cc1F. The molecule has 0 radical (unpaired) electrons. The Bertz CT molecular complexity index is 770. The Morgan fingerprint density at radius 3 is 2.65 bits per heavy atom. The summed E-state index contributed by atoms with van der Waals surface area (Å²) in [5.41, 5.74) is -0.0954. The van der Waals surface area contributed by atoms with E-state index in [9.17, 15) is 17.6 Å². The van der Waals surface area contributed by atoms with Crippen LogP contribution in [-0.2, 0) is 6.18 Å². The van der Waals surface area contributed by atoms with Gasteiger partial charge < -0.3 is 10.6 Å². The fourth-order valence-electron chi connectivity index (χ4n) is 3.04. The van der Waals surface area contributed by atoms with Crippen LogP contribution in [0.3, 0.4) is 0 Å². The molecule has 8 heteroatoms. The van der Waals surface area contributed by atoms with Gasteiger partial charge in [0.2, 0.25) is 5.95 Å². The largest absolute Gasteiger partial charge is 0.416 e. The second-order valence-corrected chi connectivity index (χ2v) is 6.41. The number of hydrogen-bond acceptors (Lipinski definition) is 4. The van der Waals surface area contributed by atoms with Crippen LogP contribution in [0.2, 0.25) is 0 Å². The second-order valence-electron chi connectivity index (χ2n) is 6.41. The van der Waals surface area contributed by atoms with Crippen LogP contribution in [0.1, 0.15) is 30.5 Å². The third kappa shape index (κ3) is 4.30. The number of nitrogens with zero attached hydrogens (tertiary/aromatic N) is 2. The highest BCUT2D eigenvalue weighted by Crippen LogP contribution is 2.33. The monoisotopic (exact) mass is 368 g/mol. The van der Waals surface area contributed by atoms with Crippen molar-refractivity contribution in [3.8, 4) is 11.1 Å². The van der Waals surface area contributed by atoms with E-state index in [0.717, 1.165) is 25.1 Å². The quantitative estimate of drug-likeness (QED) is 0.796. The fourth-order valence-corrected chi connectivity index (χ4v) is 3.04. The van der Waals surface area contributed by atoms with E-state index >= 15 is 0 Å². The van der Waals surface area contributed by atoms with E-state index < -0.39 is 17.6 Å². The molecule has 0 spiro atoms. The van der Waals surface area contributed by atoms with Crippen LogP contribution in [0.4, 0.5) is 23.5 Å². The first-order valence-corrected chi connectivity index (χ1v) is 8.52. The minimum absolute atomic E-state index is 0.0518. The lowest BCUT2D eigenvalue weighted by atomic mass is 10.0. The molecule has 0 amide bonds. The Balaban J connectivity index is 1.75. The van der Waals surface area contributed by atoms with E-state index in [4.69, 9.17) is 0 Å². The Hall–Kier alpha value is -2.22. The molecule has 3 rings (SSSR count). The summed E-state index contributed by atoms with van der Waals surface area (Å²) >= 11 is 0. The molecule has 0 saturated carbocycles. The fraction of sp³-hybridized carbons (Fsp3) is 0.444. The summed E-state index contributed by atoms with van der Waals surface area (Å²) < 4.78 is 52.2. The van der Waals surface area contributed by atoms with E-state index in [2.05, 4.69) is 20.6 Å². The number of piperidine rings is 1. The molecule has 1 aromatic carbocycles. The van der Waals surface area contributed by atoms with Gasteiger partial charge in [0.25, 0.3) is 0 Å². The van der Waals surface area contributed by atoms with Crippen molar-refractivity contribution in [1.29, 1.82) is 0 Å². The number of hydrogen-bond donors (Lipinski definition) is 2. The van der Waals surface area contributed by atoms with Crippen molar-refractivity contribution in [2.75, 3.05) is 18.4 Å². The lowest BCUT2D eigenvalue weighted by molar-refractivity contribution is -0.137. The Kier molecular flexibility index (Phi) is 5.41. The van der Waals surface area contributed by atoms with Crippen molar-refractivity contribution in [1.82, 2.24) is 15.3 Å². The molecule has 1 aliphatic rings. The summed E-state index contributed by atoms with van der Waals surface area (Å²) in [5.74, 6) is -0.524. The van der Waals surface area contributed by atoms with Crippen LogP contribution >= 0.6 is 0 Å². The Morgan fingerprint density at radius 2 is 2.04 bits per heavy atom. The van der Waals surface area contributed by atoms with Gasteiger partial charge in [-0.15, -0.1) is 0 Å². The van der Waals surface area contributed by atoms with Crippen LogP contribution in [0.5, 0.6) is 0 Å². The molecule has 1 fully saturated rings. The molecule has 0 unspecified atom stereocenters. The third-order valence-corrected chi connectivity index (χ3v) is 4.48. The predicted molar refractivity (Wildman–Crippen MR) is 91.3 cm³/mol. The maximum atomic E-state index is 14.2. The summed E-state index contributed by atoms with van der Waals surface area (Å²) in [5, 5.41) is 6.56. The number of alkyl halides is 3. The summed E-state index contributed by atoms with van der Waals surface area (Å²) in [6, 6.07) is 2.83. The standard InChI is InChI=1S/C18H20F4N4/c1-11-15(14-6-5-12(8-16(14)19)18(20,21)22)10-25-17(26-11)24-9-13-4-2-3-7-23-13/h5-6,8,10,13,23H,2-4,7,9H2,1H3,(H,24,25,26)/t13-/m1/s1. The summed E-state index contributed by atoms with van der Waals surface area (Å²) in [6.45, 7) is 3.37. The molecule has 2 heterocycles. The van der Waals surface area contributed by atoms with Gasteiger partial charge in [-0.05, 0) is 38.4 Å². The molecule has 0 aliphatic carbocycles. The van der Waals surface area contributed by atoms with E-state index in [-0.39, 0.29) is 5.56 Å². The molecule has 1 atom stereocenters. The highest BCUT2D eigenvalue weighted by Gasteiger charge is 2.31. The molecule has 2 aromatic rings. The van der Waals surface area contributed by atoms with Gasteiger partial charge in [-0.3, -0.25) is 0 Å². The van der Waals surface area contributed by atoms with Gasteiger partial charge in [0.1, 0.15) is 5.82 Å². The van der Waals surface area contributed by atoms with Crippen molar-refractivity contribution in [3.05, 3.63) is 41.5 Å². The summed E-state index contributed by atoms with van der Waals surface area (Å²) in [4.78, 5) is 8.48. The average Bonchev–Trinajstić information content (AvgIpc) is 2.60. The van der Waals surface area contributed by atoms with Crippen molar-refractivity contribution in [2.24, 2.45) is 0 Å². The number of halogens is 4. The zero-order valence-electron chi connectivity index (χ0n) is 14.3. The maximum Gasteiger partial charge on any atom is 0.416 e. The van der Waals surface area contributed by atoms with Crippen molar-refractivity contribution < 1.29 is 17.6 Å². The van der Waals surface area contributed by atoms with Gasteiger partial charge in [-0.25, -0.2) is 14.4 Å². The first-order valence-electron chi connectivity index (χ1n) is 8.52. The van der Waals surface area contributed by atoms with Gasteiger partial charge in [-0.1, -0.05) is 12.5 Å². The number of benzene rings is 1. The number of aromatic nitrogens is 2. The summed E-state index contributed by atoms with van der Waals surface area (Å²) in [7, 11) is 0. The van der Waals surface area contributed by atoms with Gasteiger partial charge in [0, 0.05) is 29.9 Å². The van der Waals surface area contributed by atoms with E-state index in [1.165, 1.54) is 19.0 Å². The zero-order chi connectivity index (χ0) is 18.7. The third-order valence-electron chi connectivity index (χ3n) is 4.48. The predicted octanol–water partition coefficient (Wildman–Crippen LogP) is 4.16. The summed E-state index contributed by atoms with van der Waals surface area (Å²) in [6.07, 6.45) is 0.308. The van der Waals surface area contributed by atoms with Crippen molar-refractivity contribution >= 4 is 5.95 Å². The van der Waals surface area contributed by atoms with Crippen LogP contribution in [0, 0.1) is 12.7 Å². The van der Waals surface area contributed by atoms with Crippen LogP contribution in [0.25, 0.3) is 11.1 Å². The van der Waals surface area contributed by atoms with Crippen molar-refractivity contribution in [3.63, 3.8) is 0 Å². The first kappa shape index (κ1) is 18.6. The Labute approximate surface area is 149 Å². The van der Waals surface area contributed by atoms with Crippen LogP contribution < -0.4 is 10.6 Å². The van der Waals surface area contributed by atoms with E-state index in [1.807, 2.05) is 0 Å². The highest BCUT2D eigenvalue weighted by molar-refractivity contribution is 5.66. The number of nitrogens with one attached hydrogen (secondary N) is 2. The van der Waals surface area contributed by atoms with Crippen LogP contribution in [-0.4, -0.2) is 29.1 Å². The van der Waals surface area contributed by atoms with Crippen molar-refractivity contribution in [2.45, 2.75) is 38.4 Å². The van der Waals surface area contributed by atoms with Gasteiger partial charge in [-0.2, -0.15) is 13.2 Å². The topological polar surface area (TPSA) is 49.8 Å². The minimum atomic E-state index is -4.58. The Morgan fingerprint density at radius 1 is 1.23 bits per heavy atom. The number of rotatable bonds is 4. The molecular weight excluding hydrogens is 348 g/mol. The lowest BCUT2D eigenvalue weighted by Gasteiger charge is -2.23. The molecule has 1 aliphatic heterocycles. The number of anilines is 1. The molecule has 1 aromatic heterocycles. The number of aryl methyl sites for hydroxylation is 1. The van der Waals surface area contributed by atoms with Gasteiger partial charge in [0.05, 0.1) is 11.3 Å². The molecule has 1 saturated heterocycles. The smallest absolute Gasteiger partial charge is 0.353 e. The highest BCUT2D eigenvalue weighted by atomic mass is 19.4. The molecule has 26 heavy (non-hydrogen) atoms. The normalized spacial score (nSPS) is 18.0. The van der Waals surface area contributed by atoms with E-state index in [0.29, 0.717) is 35.9 Å². The van der Waals surface area contributed by atoms with E-state index in [1.54, 1.807) is 6.92 Å². The molecular formula is C18H20F4N4. The van der Waals surface area contributed by atoms with Gasteiger partial charge >= 0.3 is 6.18 Å². The molecule has 4 nitrogen and oxygen atoms in total. The first-order chi connectivity index (χ1) is 12.3. The average molecular weight is 368 g/mol. The molecule has 0 bridgehead atoms. The molecule has 140 valence electrons. The zero-order valence-corrected chi connectivity index (χ0v) is 14.3. The minimum Gasteiger partial charge on any atom is -0.353 e. The molecule has 2 N–H and O–H groups in total. The second kappa shape index (κ2) is 7.57. The maximum absolute atomic E-state index is 14.2.